The fourth-order valence-electron chi connectivity index (χ4n) is 3.29. The van der Waals surface area contributed by atoms with Gasteiger partial charge in [0, 0.05) is 0 Å². The summed E-state index contributed by atoms with van der Waals surface area (Å²) in [4.78, 5) is 0. The molecule has 1 heteroatoms. The Labute approximate surface area is 129 Å². The van der Waals surface area contributed by atoms with Crippen LogP contribution < -0.4 is 5.32 Å². The van der Waals surface area contributed by atoms with E-state index < -0.39 is 0 Å². The van der Waals surface area contributed by atoms with Gasteiger partial charge in [-0.3, -0.25) is 0 Å². The molecule has 21 heavy (non-hydrogen) atoms. The van der Waals surface area contributed by atoms with Crippen molar-refractivity contribution in [1.82, 2.24) is 5.32 Å². The highest BCUT2D eigenvalue weighted by Crippen LogP contribution is 2.29. The summed E-state index contributed by atoms with van der Waals surface area (Å²) in [5, 5.41) is 3.49. The molecule has 1 atom stereocenters. The molecule has 0 spiro atoms. The maximum Gasteiger partial charge on any atom is 0.0579 e. The van der Waals surface area contributed by atoms with E-state index in [0.717, 1.165) is 6.42 Å². The molecule has 0 aliphatic heterocycles. The molecule has 0 fully saturated rings. The fraction of sp³-hybridized carbons (Fsp3) is 0.400. The van der Waals surface area contributed by atoms with Crippen molar-refractivity contribution in [2.45, 2.75) is 46.6 Å². The van der Waals surface area contributed by atoms with Crippen LogP contribution in [0, 0.1) is 20.8 Å². The van der Waals surface area contributed by atoms with Crippen molar-refractivity contribution in [3.05, 3.63) is 69.8 Å². The monoisotopic (exact) mass is 281 g/mol. The predicted molar refractivity (Wildman–Crippen MR) is 92.0 cm³/mol. The van der Waals surface area contributed by atoms with Crippen LogP contribution in [-0.4, -0.2) is 7.05 Å². The van der Waals surface area contributed by atoms with Gasteiger partial charge in [0.25, 0.3) is 0 Å². The van der Waals surface area contributed by atoms with Crippen molar-refractivity contribution in [2.75, 3.05) is 7.05 Å². The van der Waals surface area contributed by atoms with Crippen LogP contribution >= 0.6 is 0 Å². The summed E-state index contributed by atoms with van der Waals surface area (Å²) >= 11 is 0. The van der Waals surface area contributed by atoms with E-state index in [4.69, 9.17) is 0 Å². The van der Waals surface area contributed by atoms with Crippen LogP contribution in [0.15, 0.2) is 36.4 Å². The zero-order valence-corrected chi connectivity index (χ0v) is 14.0. The molecule has 0 aliphatic carbocycles. The Morgan fingerprint density at radius 3 is 2.00 bits per heavy atom. The summed E-state index contributed by atoms with van der Waals surface area (Å²) in [6, 6.07) is 13.9. The minimum atomic E-state index is 0.265. The Balaban J connectivity index is 2.40. The maximum atomic E-state index is 3.49. The van der Waals surface area contributed by atoms with E-state index >= 15 is 0 Å². The molecule has 0 aliphatic rings. The third kappa shape index (κ3) is 3.54. The van der Waals surface area contributed by atoms with Gasteiger partial charge >= 0.3 is 0 Å². The standard InChI is InChI=1S/C20H27N/c1-6-7-17-8-10-18(11-9-17)20(21-5)19-15(3)12-14(2)13-16(19)4/h8-13,20-21H,6-7H2,1-5H3. The van der Waals surface area contributed by atoms with Gasteiger partial charge in [0.05, 0.1) is 6.04 Å². The molecule has 1 N–H and O–H groups in total. The first kappa shape index (κ1) is 15.8. The Morgan fingerprint density at radius 2 is 1.52 bits per heavy atom. The molecule has 2 aromatic carbocycles. The molecule has 1 nitrogen and oxygen atoms in total. The van der Waals surface area contributed by atoms with Gasteiger partial charge in [-0.1, -0.05) is 55.3 Å². The minimum Gasteiger partial charge on any atom is -0.309 e. The van der Waals surface area contributed by atoms with Crippen LogP contribution in [0.3, 0.4) is 0 Å². The van der Waals surface area contributed by atoms with Gasteiger partial charge in [-0.2, -0.15) is 0 Å². The number of aryl methyl sites for hydroxylation is 4. The molecule has 1 unspecified atom stereocenters. The topological polar surface area (TPSA) is 12.0 Å². The quantitative estimate of drug-likeness (QED) is 0.824. The van der Waals surface area contributed by atoms with Gasteiger partial charge < -0.3 is 5.32 Å². The highest BCUT2D eigenvalue weighted by atomic mass is 14.9. The molecular weight excluding hydrogens is 254 g/mol. The van der Waals surface area contributed by atoms with Gasteiger partial charge in [0.1, 0.15) is 0 Å². The number of benzene rings is 2. The van der Waals surface area contributed by atoms with Crippen molar-refractivity contribution in [3.8, 4) is 0 Å². The van der Waals surface area contributed by atoms with Crippen LogP contribution in [0.1, 0.15) is 52.8 Å². The molecule has 2 rings (SSSR count). The number of hydrogen-bond donors (Lipinski definition) is 1. The number of hydrogen-bond acceptors (Lipinski definition) is 1. The lowest BCUT2D eigenvalue weighted by atomic mass is 9.89. The summed E-state index contributed by atoms with van der Waals surface area (Å²) in [6.07, 6.45) is 2.36. The molecule has 2 aromatic rings. The predicted octanol–water partition coefficient (Wildman–Crippen LogP) is 4.87. The largest absolute Gasteiger partial charge is 0.309 e. The Kier molecular flexibility index (Phi) is 5.19. The zero-order valence-electron chi connectivity index (χ0n) is 14.0. The smallest absolute Gasteiger partial charge is 0.0579 e. The maximum absolute atomic E-state index is 3.49. The molecule has 0 aromatic heterocycles. The summed E-state index contributed by atoms with van der Waals surface area (Å²) in [5.41, 5.74) is 8.24. The first-order valence-corrected chi connectivity index (χ1v) is 7.90. The summed E-state index contributed by atoms with van der Waals surface area (Å²) in [7, 11) is 2.04. The second-order valence-corrected chi connectivity index (χ2v) is 6.03. The average molecular weight is 281 g/mol. The summed E-state index contributed by atoms with van der Waals surface area (Å²) in [6.45, 7) is 8.82. The van der Waals surface area contributed by atoms with E-state index in [1.807, 2.05) is 7.05 Å². The van der Waals surface area contributed by atoms with E-state index in [9.17, 15) is 0 Å². The van der Waals surface area contributed by atoms with Crippen molar-refractivity contribution >= 4 is 0 Å². The molecule has 0 radical (unpaired) electrons. The average Bonchev–Trinajstić information content (AvgIpc) is 2.44. The van der Waals surface area contributed by atoms with Crippen LogP contribution in [0.25, 0.3) is 0 Å². The summed E-state index contributed by atoms with van der Waals surface area (Å²) in [5.74, 6) is 0. The SMILES string of the molecule is CCCc1ccc(C(NC)c2c(C)cc(C)cc2C)cc1. The highest BCUT2D eigenvalue weighted by Gasteiger charge is 2.16. The van der Waals surface area contributed by atoms with E-state index in [2.05, 4.69) is 69.4 Å². The van der Waals surface area contributed by atoms with Crippen molar-refractivity contribution in [2.24, 2.45) is 0 Å². The van der Waals surface area contributed by atoms with Crippen molar-refractivity contribution < 1.29 is 0 Å². The van der Waals surface area contributed by atoms with Gasteiger partial charge in [-0.25, -0.2) is 0 Å². The number of nitrogens with one attached hydrogen (secondary N) is 1. The van der Waals surface area contributed by atoms with E-state index in [-0.39, 0.29) is 6.04 Å². The highest BCUT2D eigenvalue weighted by molar-refractivity contribution is 5.44. The Morgan fingerprint density at radius 1 is 0.952 bits per heavy atom. The van der Waals surface area contributed by atoms with Gasteiger partial charge in [0.2, 0.25) is 0 Å². The fourth-order valence-corrected chi connectivity index (χ4v) is 3.29. The second kappa shape index (κ2) is 6.91. The first-order valence-electron chi connectivity index (χ1n) is 7.90. The lowest BCUT2D eigenvalue weighted by molar-refractivity contribution is 0.682. The lowest BCUT2D eigenvalue weighted by Crippen LogP contribution is -2.20. The molecule has 0 saturated carbocycles. The van der Waals surface area contributed by atoms with Crippen LogP contribution in [0.2, 0.25) is 0 Å². The van der Waals surface area contributed by atoms with Gasteiger partial charge in [0.15, 0.2) is 0 Å². The van der Waals surface area contributed by atoms with Crippen molar-refractivity contribution in [3.63, 3.8) is 0 Å². The number of rotatable bonds is 5. The molecular formula is C20H27N. The molecule has 0 saturated heterocycles. The van der Waals surface area contributed by atoms with Crippen molar-refractivity contribution in [1.29, 1.82) is 0 Å². The molecule has 112 valence electrons. The third-order valence-electron chi connectivity index (χ3n) is 4.17. The van der Waals surface area contributed by atoms with Crippen LogP contribution in [-0.2, 0) is 6.42 Å². The summed E-state index contributed by atoms with van der Waals surface area (Å²) < 4.78 is 0. The molecule has 0 amide bonds. The third-order valence-corrected chi connectivity index (χ3v) is 4.17. The molecule has 0 heterocycles. The van der Waals surface area contributed by atoms with E-state index in [1.54, 1.807) is 0 Å². The van der Waals surface area contributed by atoms with Gasteiger partial charge in [-0.05, 0) is 62.1 Å². The first-order chi connectivity index (χ1) is 10.1. The zero-order chi connectivity index (χ0) is 15.4. The lowest BCUT2D eigenvalue weighted by Gasteiger charge is -2.22. The minimum absolute atomic E-state index is 0.265. The normalized spacial score (nSPS) is 12.4. The molecule has 0 bridgehead atoms. The van der Waals surface area contributed by atoms with Crippen LogP contribution in [0.4, 0.5) is 0 Å². The van der Waals surface area contributed by atoms with Crippen LogP contribution in [0.5, 0.6) is 0 Å². The van der Waals surface area contributed by atoms with Gasteiger partial charge in [-0.15, -0.1) is 0 Å². The van der Waals surface area contributed by atoms with E-state index in [1.165, 1.54) is 39.8 Å². The Bertz CT molecular complexity index is 573. The Hall–Kier alpha value is -1.60. The van der Waals surface area contributed by atoms with E-state index in [0.29, 0.717) is 0 Å². The second-order valence-electron chi connectivity index (χ2n) is 6.03.